The molecule has 0 aliphatic carbocycles. The van der Waals surface area contributed by atoms with Gasteiger partial charge in [0.1, 0.15) is 0 Å². The average Bonchev–Trinajstić information content (AvgIpc) is 3.35. The lowest BCUT2D eigenvalue weighted by Crippen LogP contribution is -1.95. The van der Waals surface area contributed by atoms with Gasteiger partial charge < -0.3 is 0 Å². The van der Waals surface area contributed by atoms with Crippen LogP contribution >= 0.6 is 0 Å². The molecule has 0 aliphatic rings. The van der Waals surface area contributed by atoms with Gasteiger partial charge in [0.05, 0.1) is 22.4 Å². The predicted octanol–water partition coefficient (Wildman–Crippen LogP) is 16.4. The summed E-state index contributed by atoms with van der Waals surface area (Å²) in [6, 6.07) is 79.4. The van der Waals surface area contributed by atoms with E-state index in [0.29, 0.717) is 0 Å². The minimum Gasteiger partial charge on any atom is -0.247 e. The van der Waals surface area contributed by atoms with Crippen molar-refractivity contribution in [3.05, 3.63) is 218 Å². The van der Waals surface area contributed by atoms with Crippen molar-refractivity contribution in [1.29, 1.82) is 0 Å². The molecule has 0 bridgehead atoms. The number of rotatable bonds is 4. The van der Waals surface area contributed by atoms with Crippen molar-refractivity contribution in [2.75, 3.05) is 0 Å². The Bertz CT molecular complexity index is 3980. The molecule has 13 aromatic rings. The van der Waals surface area contributed by atoms with Gasteiger partial charge in [-0.1, -0.05) is 188 Å². The van der Waals surface area contributed by atoms with Crippen LogP contribution in [0.2, 0.25) is 0 Å². The Hall–Kier alpha value is -8.20. The van der Waals surface area contributed by atoms with Gasteiger partial charge in [-0.25, -0.2) is 9.97 Å². The highest BCUT2D eigenvalue weighted by Gasteiger charge is 2.20. The molecule has 286 valence electrons. The topological polar surface area (TPSA) is 25.8 Å². The van der Waals surface area contributed by atoms with Gasteiger partial charge in [0.2, 0.25) is 0 Å². The summed E-state index contributed by atoms with van der Waals surface area (Å²) in [6.45, 7) is 0. The van der Waals surface area contributed by atoms with Crippen LogP contribution in [0, 0.1) is 0 Å². The molecule has 2 heteroatoms. The van der Waals surface area contributed by atoms with Crippen LogP contribution in [0.25, 0.3) is 131 Å². The molecule has 13 rings (SSSR count). The maximum Gasteiger partial charge on any atom is 0.0794 e. The molecule has 62 heavy (non-hydrogen) atoms. The van der Waals surface area contributed by atoms with E-state index in [1.165, 1.54) is 75.9 Å². The van der Waals surface area contributed by atoms with Crippen LogP contribution < -0.4 is 0 Å². The summed E-state index contributed by atoms with van der Waals surface area (Å²) in [7, 11) is 0. The van der Waals surface area contributed by atoms with Crippen molar-refractivity contribution in [2.24, 2.45) is 0 Å². The van der Waals surface area contributed by atoms with Gasteiger partial charge in [-0.15, -0.1) is 0 Å². The fraction of sp³-hybridized carbons (Fsp3) is 0. The van der Waals surface area contributed by atoms with Crippen LogP contribution in [0.5, 0.6) is 0 Å². The number of hydrogen-bond donors (Lipinski definition) is 0. The second-order valence-electron chi connectivity index (χ2n) is 16.4. The minimum absolute atomic E-state index is 0.932. The van der Waals surface area contributed by atoms with Gasteiger partial charge in [0, 0.05) is 32.7 Å². The molecule has 0 aliphatic heterocycles. The van der Waals surface area contributed by atoms with Crippen LogP contribution in [0.1, 0.15) is 0 Å². The summed E-state index contributed by atoms with van der Waals surface area (Å²) in [6.07, 6.45) is 0. The summed E-state index contributed by atoms with van der Waals surface area (Å²) in [5.41, 5.74) is 10.8. The SMILES string of the molecule is c1ccc2c(c1)cc(-c1cc3c(-c4cc5ccccc5c5ccccc45)cc(-c4ccc(-c5nc6ccccc6c6ccccc56)cc4)nc3c3ccccc13)c1ccccc12. The van der Waals surface area contributed by atoms with Gasteiger partial charge in [0.25, 0.3) is 0 Å². The highest BCUT2D eigenvalue weighted by molar-refractivity contribution is 6.23. The molecule has 0 radical (unpaired) electrons. The molecule has 0 atom stereocenters. The number of fused-ring (bicyclic) bond motifs is 12. The second kappa shape index (κ2) is 13.7. The zero-order valence-electron chi connectivity index (χ0n) is 33.7. The number of nitrogens with zero attached hydrogens (tertiary/aromatic N) is 2. The van der Waals surface area contributed by atoms with Gasteiger partial charge in [-0.2, -0.15) is 0 Å². The quantitative estimate of drug-likeness (QED) is 0.166. The third kappa shape index (κ3) is 5.30. The highest BCUT2D eigenvalue weighted by atomic mass is 14.7. The Labute approximate surface area is 358 Å². The number of benzene rings is 11. The summed E-state index contributed by atoms with van der Waals surface area (Å²) >= 11 is 0. The lowest BCUT2D eigenvalue weighted by atomic mass is 9.86. The number of aromatic nitrogens is 2. The first-order valence-electron chi connectivity index (χ1n) is 21.3. The Balaban J connectivity index is 1.10. The maximum absolute atomic E-state index is 5.63. The van der Waals surface area contributed by atoms with Crippen LogP contribution in [0.15, 0.2) is 218 Å². The number of pyridine rings is 2. The smallest absolute Gasteiger partial charge is 0.0794 e. The summed E-state index contributed by atoms with van der Waals surface area (Å²) < 4.78 is 0. The van der Waals surface area contributed by atoms with Crippen molar-refractivity contribution in [1.82, 2.24) is 9.97 Å². The zero-order chi connectivity index (χ0) is 40.7. The molecular weight excluding hydrogens is 749 g/mol. The van der Waals surface area contributed by atoms with Gasteiger partial charge >= 0.3 is 0 Å². The predicted molar refractivity (Wildman–Crippen MR) is 264 cm³/mol. The highest BCUT2D eigenvalue weighted by Crippen LogP contribution is 2.46. The second-order valence-corrected chi connectivity index (χ2v) is 16.4. The van der Waals surface area contributed by atoms with Crippen molar-refractivity contribution in [3.8, 4) is 44.8 Å². The molecule has 0 N–H and O–H groups in total. The summed E-state index contributed by atoms with van der Waals surface area (Å²) in [5, 5.41) is 16.9. The Morgan fingerprint density at radius 3 is 1.24 bits per heavy atom. The van der Waals surface area contributed by atoms with E-state index in [1.807, 2.05) is 0 Å². The molecule has 2 aromatic heterocycles. The molecule has 0 saturated heterocycles. The van der Waals surface area contributed by atoms with E-state index in [2.05, 4.69) is 218 Å². The monoisotopic (exact) mass is 784 g/mol. The number of hydrogen-bond acceptors (Lipinski definition) is 2. The van der Waals surface area contributed by atoms with Gasteiger partial charge in [-0.3, -0.25) is 0 Å². The van der Waals surface area contributed by atoms with E-state index < -0.39 is 0 Å². The van der Waals surface area contributed by atoms with Crippen LogP contribution in [-0.4, -0.2) is 9.97 Å². The molecule has 0 amide bonds. The van der Waals surface area contributed by atoms with Crippen molar-refractivity contribution >= 4 is 86.4 Å². The van der Waals surface area contributed by atoms with Gasteiger partial charge in [-0.05, 0) is 106 Å². The molecule has 2 heterocycles. The fourth-order valence-corrected chi connectivity index (χ4v) is 10.1. The third-order valence-electron chi connectivity index (χ3n) is 13.0. The van der Waals surface area contributed by atoms with E-state index in [9.17, 15) is 0 Å². The maximum atomic E-state index is 5.63. The third-order valence-corrected chi connectivity index (χ3v) is 13.0. The van der Waals surface area contributed by atoms with E-state index in [-0.39, 0.29) is 0 Å². The first-order chi connectivity index (χ1) is 30.7. The standard InChI is InChI=1S/C60H36N2/c1-3-17-41-39(15-1)33-52(45-21-7-5-19-43(41)45)54-35-56-55(53-34-40-16-2-4-18-42(40)44-20-6-8-22-46(44)53)36-58(62-60(56)51-27-12-10-24-48(51)54)37-29-31-38(32-30-37)59-50-26-11-9-23-47(50)49-25-13-14-28-57(49)61-59/h1-36H. The van der Waals surface area contributed by atoms with Crippen LogP contribution in [-0.2, 0) is 0 Å². The molecule has 0 spiro atoms. The lowest BCUT2D eigenvalue weighted by molar-refractivity contribution is 1.40. The average molecular weight is 785 g/mol. The van der Waals surface area contributed by atoms with E-state index in [4.69, 9.17) is 9.97 Å². The number of para-hydroxylation sites is 1. The normalized spacial score (nSPS) is 11.9. The lowest BCUT2D eigenvalue weighted by Gasteiger charge is -2.19. The summed E-state index contributed by atoms with van der Waals surface area (Å²) in [4.78, 5) is 10.8. The minimum atomic E-state index is 0.932. The molecular formula is C60H36N2. The first kappa shape index (κ1) is 34.6. The van der Waals surface area contributed by atoms with Crippen LogP contribution in [0.3, 0.4) is 0 Å². The van der Waals surface area contributed by atoms with E-state index in [0.717, 1.165) is 55.3 Å². The van der Waals surface area contributed by atoms with Crippen LogP contribution in [0.4, 0.5) is 0 Å². The fourth-order valence-electron chi connectivity index (χ4n) is 10.1. The van der Waals surface area contributed by atoms with Crippen molar-refractivity contribution < 1.29 is 0 Å². The largest absolute Gasteiger partial charge is 0.247 e. The molecule has 0 saturated carbocycles. The first-order valence-corrected chi connectivity index (χ1v) is 21.3. The zero-order valence-corrected chi connectivity index (χ0v) is 33.7. The van der Waals surface area contributed by atoms with Crippen molar-refractivity contribution in [2.45, 2.75) is 0 Å². The molecule has 0 unspecified atom stereocenters. The molecule has 11 aromatic carbocycles. The summed E-state index contributed by atoms with van der Waals surface area (Å²) in [5.74, 6) is 0. The van der Waals surface area contributed by atoms with Crippen molar-refractivity contribution in [3.63, 3.8) is 0 Å². The van der Waals surface area contributed by atoms with E-state index >= 15 is 0 Å². The van der Waals surface area contributed by atoms with E-state index in [1.54, 1.807) is 0 Å². The Morgan fingerprint density at radius 1 is 0.242 bits per heavy atom. The Morgan fingerprint density at radius 2 is 0.645 bits per heavy atom. The Kier molecular flexibility index (Phi) is 7.64. The van der Waals surface area contributed by atoms with Gasteiger partial charge in [0.15, 0.2) is 0 Å². The molecule has 2 nitrogen and oxygen atoms in total. The molecule has 0 fully saturated rings.